The van der Waals surface area contributed by atoms with Crippen molar-refractivity contribution in [1.29, 1.82) is 0 Å². The second-order valence-electron chi connectivity index (χ2n) is 7.14. The minimum atomic E-state index is 0.602. The standard InChI is InChI=1S/C20H28N2/c1-15-9-11-19(13-20(12-10-15)18-7-4-8-18)16(2)22-21-14-17-5-3-6-17/h10-15,17-18H,3-9H2,1-2H3/b12-10-,19-11-,20-13+,21-14-,22-16+. The van der Waals surface area contributed by atoms with Crippen molar-refractivity contribution in [2.45, 2.75) is 58.8 Å². The van der Waals surface area contributed by atoms with Crippen LogP contribution in [0.1, 0.15) is 58.8 Å². The maximum atomic E-state index is 4.45. The zero-order chi connectivity index (χ0) is 15.4. The molecule has 0 heterocycles. The van der Waals surface area contributed by atoms with Crippen LogP contribution in [0, 0.1) is 17.8 Å². The summed E-state index contributed by atoms with van der Waals surface area (Å²) >= 11 is 0. The third-order valence-electron chi connectivity index (χ3n) is 5.28. The number of nitrogens with zero attached hydrogens (tertiary/aromatic N) is 2. The van der Waals surface area contributed by atoms with Gasteiger partial charge in [-0.2, -0.15) is 10.2 Å². The van der Waals surface area contributed by atoms with E-state index < -0.39 is 0 Å². The summed E-state index contributed by atoms with van der Waals surface area (Å²) in [7, 11) is 0. The lowest BCUT2D eigenvalue weighted by Crippen LogP contribution is -2.14. The minimum Gasteiger partial charge on any atom is -0.163 e. The van der Waals surface area contributed by atoms with E-state index in [-0.39, 0.29) is 0 Å². The molecule has 0 amide bonds. The molecule has 0 radical (unpaired) electrons. The van der Waals surface area contributed by atoms with E-state index in [0.29, 0.717) is 11.8 Å². The lowest BCUT2D eigenvalue weighted by Gasteiger charge is -2.28. The quantitative estimate of drug-likeness (QED) is 0.484. The van der Waals surface area contributed by atoms with Crippen molar-refractivity contribution >= 4 is 11.9 Å². The fourth-order valence-electron chi connectivity index (χ4n) is 3.06. The highest BCUT2D eigenvalue weighted by Gasteiger charge is 2.21. The lowest BCUT2D eigenvalue weighted by molar-refractivity contribution is 0.374. The van der Waals surface area contributed by atoms with Crippen molar-refractivity contribution in [3.63, 3.8) is 0 Å². The Morgan fingerprint density at radius 3 is 2.59 bits per heavy atom. The van der Waals surface area contributed by atoms with Gasteiger partial charge in [-0.25, -0.2) is 0 Å². The summed E-state index contributed by atoms with van der Waals surface area (Å²) in [5, 5.41) is 8.77. The normalized spacial score (nSPS) is 33.9. The van der Waals surface area contributed by atoms with Crippen LogP contribution in [0.3, 0.4) is 0 Å². The second kappa shape index (κ2) is 7.21. The maximum Gasteiger partial charge on any atom is 0.0668 e. The van der Waals surface area contributed by atoms with Crippen LogP contribution in [0.25, 0.3) is 0 Å². The Labute approximate surface area is 134 Å². The summed E-state index contributed by atoms with van der Waals surface area (Å²) in [6.07, 6.45) is 20.5. The van der Waals surface area contributed by atoms with Gasteiger partial charge in [-0.05, 0) is 74.0 Å². The molecule has 3 aliphatic rings. The molecule has 0 spiro atoms. The Hall–Kier alpha value is -1.44. The summed E-state index contributed by atoms with van der Waals surface area (Å²) in [4.78, 5) is 0. The van der Waals surface area contributed by atoms with Gasteiger partial charge in [0.25, 0.3) is 0 Å². The summed E-state index contributed by atoms with van der Waals surface area (Å²) < 4.78 is 0. The van der Waals surface area contributed by atoms with Gasteiger partial charge in [0.1, 0.15) is 0 Å². The van der Waals surface area contributed by atoms with E-state index in [1.54, 1.807) is 0 Å². The molecule has 3 rings (SSSR count). The molecule has 1 atom stereocenters. The highest BCUT2D eigenvalue weighted by atomic mass is 15.2. The number of hydrogen-bond donors (Lipinski definition) is 0. The summed E-state index contributed by atoms with van der Waals surface area (Å²) in [5.41, 5.74) is 3.81. The van der Waals surface area contributed by atoms with Crippen LogP contribution in [-0.4, -0.2) is 11.9 Å². The van der Waals surface area contributed by atoms with Crippen LogP contribution >= 0.6 is 0 Å². The highest BCUT2D eigenvalue weighted by Crippen LogP contribution is 2.35. The van der Waals surface area contributed by atoms with E-state index in [9.17, 15) is 0 Å². The molecule has 0 bridgehead atoms. The SMILES string of the molecule is CC(=N\N=C/C1CCC1)/C1=C\CC(C)\C=C/C(C2CCC2)=C\1. The minimum absolute atomic E-state index is 0.602. The first-order valence-electron chi connectivity index (χ1n) is 8.90. The Bertz CT molecular complexity index is 540. The third kappa shape index (κ3) is 3.85. The van der Waals surface area contributed by atoms with Gasteiger partial charge in [-0.3, -0.25) is 0 Å². The van der Waals surface area contributed by atoms with E-state index in [1.807, 2.05) is 6.21 Å². The average molecular weight is 296 g/mol. The molecule has 2 nitrogen and oxygen atoms in total. The number of hydrogen-bond acceptors (Lipinski definition) is 2. The van der Waals surface area contributed by atoms with Gasteiger partial charge in [-0.1, -0.05) is 38.0 Å². The maximum absolute atomic E-state index is 4.45. The Kier molecular flexibility index (Phi) is 5.07. The average Bonchev–Trinajstić information content (AvgIpc) is 2.38. The molecule has 0 aliphatic heterocycles. The predicted molar refractivity (Wildman–Crippen MR) is 95.4 cm³/mol. The second-order valence-corrected chi connectivity index (χ2v) is 7.14. The van der Waals surface area contributed by atoms with Crippen molar-refractivity contribution in [1.82, 2.24) is 0 Å². The van der Waals surface area contributed by atoms with Crippen molar-refractivity contribution < 1.29 is 0 Å². The van der Waals surface area contributed by atoms with Crippen LogP contribution < -0.4 is 0 Å². The van der Waals surface area contributed by atoms with Gasteiger partial charge < -0.3 is 0 Å². The van der Waals surface area contributed by atoms with Crippen molar-refractivity contribution in [3.8, 4) is 0 Å². The molecule has 0 aromatic rings. The molecule has 3 aliphatic carbocycles. The third-order valence-corrected chi connectivity index (χ3v) is 5.28. The smallest absolute Gasteiger partial charge is 0.0668 e. The molecule has 0 aromatic heterocycles. The van der Waals surface area contributed by atoms with E-state index in [4.69, 9.17) is 0 Å². The zero-order valence-electron chi connectivity index (χ0n) is 14.0. The van der Waals surface area contributed by atoms with E-state index in [2.05, 4.69) is 48.4 Å². The molecule has 2 saturated carbocycles. The van der Waals surface area contributed by atoms with Crippen LogP contribution in [0.2, 0.25) is 0 Å². The monoisotopic (exact) mass is 296 g/mol. The Balaban J connectivity index is 1.75. The molecule has 0 saturated heterocycles. The van der Waals surface area contributed by atoms with Crippen molar-refractivity contribution in [3.05, 3.63) is 35.5 Å². The molecular weight excluding hydrogens is 268 g/mol. The first kappa shape index (κ1) is 15.5. The fraction of sp³-hybridized carbons (Fsp3) is 0.600. The highest BCUT2D eigenvalue weighted by molar-refractivity contribution is 6.01. The Morgan fingerprint density at radius 1 is 1.18 bits per heavy atom. The lowest BCUT2D eigenvalue weighted by atomic mass is 9.78. The molecule has 22 heavy (non-hydrogen) atoms. The van der Waals surface area contributed by atoms with Gasteiger partial charge in [0.15, 0.2) is 0 Å². The fourth-order valence-corrected chi connectivity index (χ4v) is 3.06. The van der Waals surface area contributed by atoms with E-state index in [0.717, 1.165) is 18.1 Å². The molecular formula is C20H28N2. The molecule has 0 aromatic carbocycles. The summed E-state index contributed by atoms with van der Waals surface area (Å²) in [6, 6.07) is 0. The van der Waals surface area contributed by atoms with Crippen molar-refractivity contribution in [2.24, 2.45) is 28.0 Å². The van der Waals surface area contributed by atoms with Gasteiger partial charge in [-0.15, -0.1) is 0 Å². The molecule has 0 N–H and O–H groups in total. The predicted octanol–water partition coefficient (Wildman–Crippen LogP) is 5.48. The topological polar surface area (TPSA) is 24.7 Å². The van der Waals surface area contributed by atoms with Crippen LogP contribution in [0.4, 0.5) is 0 Å². The van der Waals surface area contributed by atoms with Gasteiger partial charge in [0.05, 0.1) is 5.71 Å². The van der Waals surface area contributed by atoms with Crippen LogP contribution in [0.15, 0.2) is 45.7 Å². The zero-order valence-corrected chi connectivity index (χ0v) is 14.0. The molecule has 118 valence electrons. The van der Waals surface area contributed by atoms with Crippen molar-refractivity contribution in [2.75, 3.05) is 0 Å². The first-order chi connectivity index (χ1) is 10.7. The van der Waals surface area contributed by atoms with Gasteiger partial charge in [0.2, 0.25) is 0 Å². The first-order valence-corrected chi connectivity index (χ1v) is 8.90. The van der Waals surface area contributed by atoms with E-state index in [1.165, 1.54) is 49.7 Å². The number of allylic oxidation sites excluding steroid dienone is 6. The van der Waals surface area contributed by atoms with Crippen LogP contribution in [-0.2, 0) is 0 Å². The molecule has 2 heteroatoms. The molecule has 2 fully saturated rings. The summed E-state index contributed by atoms with van der Waals surface area (Å²) in [6.45, 7) is 4.38. The molecule has 1 unspecified atom stereocenters. The number of rotatable bonds is 4. The Morgan fingerprint density at radius 2 is 1.95 bits per heavy atom. The van der Waals surface area contributed by atoms with Crippen LogP contribution in [0.5, 0.6) is 0 Å². The van der Waals surface area contributed by atoms with E-state index >= 15 is 0 Å². The van der Waals surface area contributed by atoms with Gasteiger partial charge in [0, 0.05) is 6.21 Å². The van der Waals surface area contributed by atoms with Gasteiger partial charge >= 0.3 is 0 Å². The largest absolute Gasteiger partial charge is 0.163 e. The summed E-state index contributed by atoms with van der Waals surface area (Å²) in [5.74, 6) is 2.04.